The zero-order valence-corrected chi connectivity index (χ0v) is 19.3. The number of hydrogen-bond donors (Lipinski definition) is 3. The maximum Gasteiger partial charge on any atom is 0.323 e. The topological polar surface area (TPSA) is 88.0 Å². The number of anilines is 3. The van der Waals surface area contributed by atoms with Crippen molar-refractivity contribution in [1.82, 2.24) is 9.55 Å². The molecule has 2 aromatic carbocycles. The number of carbonyl (C=O) groups excluding carboxylic acids is 1. The number of fused-ring (bicyclic) bond motifs is 1. The Kier molecular flexibility index (Phi) is 6.58. The molecular weight excluding hydrogens is 433 g/mol. The number of carbonyl (C=O) groups is 1. The van der Waals surface area contributed by atoms with Gasteiger partial charge >= 0.3 is 6.03 Å². The van der Waals surface area contributed by atoms with Crippen LogP contribution in [0.5, 0.6) is 0 Å². The molecule has 2 amide bonds. The fourth-order valence-electron chi connectivity index (χ4n) is 3.98. The number of urea groups is 1. The van der Waals surface area contributed by atoms with E-state index in [0.717, 1.165) is 10.9 Å². The molecule has 174 valence electrons. The zero-order valence-electron chi connectivity index (χ0n) is 19.3. The summed E-state index contributed by atoms with van der Waals surface area (Å²) in [5.41, 5.74) is 2.82. The lowest BCUT2D eigenvalue weighted by atomic mass is 9.97. The number of nitrogens with one attached hydrogen (secondary N) is 3. The van der Waals surface area contributed by atoms with Crippen molar-refractivity contribution in [2.45, 2.75) is 26.8 Å². The molecule has 8 heteroatoms. The SMILES string of the molecule is CCc1cc(F)c(NC(=O)Nc2ccccc2)cc1-c1cc2cnc(NC)cc2n(CC)c1=O. The molecule has 0 saturated carbocycles. The summed E-state index contributed by atoms with van der Waals surface area (Å²) in [6.45, 7) is 4.26. The van der Waals surface area contributed by atoms with Crippen LogP contribution in [0, 0.1) is 5.82 Å². The summed E-state index contributed by atoms with van der Waals surface area (Å²) in [5, 5.41) is 9.02. The van der Waals surface area contributed by atoms with Gasteiger partial charge in [0, 0.05) is 42.5 Å². The molecule has 4 rings (SSSR count). The first-order valence-electron chi connectivity index (χ1n) is 11.1. The van der Waals surface area contributed by atoms with Crippen LogP contribution >= 0.6 is 0 Å². The average Bonchev–Trinajstić information content (AvgIpc) is 2.85. The lowest BCUT2D eigenvalue weighted by Crippen LogP contribution is -2.23. The van der Waals surface area contributed by atoms with Gasteiger partial charge in [-0.2, -0.15) is 0 Å². The van der Waals surface area contributed by atoms with Gasteiger partial charge in [-0.1, -0.05) is 25.1 Å². The molecule has 0 aliphatic rings. The number of amides is 2. The van der Waals surface area contributed by atoms with Crippen LogP contribution in [0.2, 0.25) is 0 Å². The number of benzene rings is 2. The minimum Gasteiger partial charge on any atom is -0.373 e. The quantitative estimate of drug-likeness (QED) is 0.357. The van der Waals surface area contributed by atoms with Crippen molar-refractivity contribution < 1.29 is 9.18 Å². The Morgan fingerprint density at radius 1 is 1.03 bits per heavy atom. The van der Waals surface area contributed by atoms with E-state index in [-0.39, 0.29) is 11.2 Å². The summed E-state index contributed by atoms with van der Waals surface area (Å²) < 4.78 is 16.5. The Morgan fingerprint density at radius 2 is 1.79 bits per heavy atom. The predicted octanol–water partition coefficient (Wildman–Crippen LogP) is 5.47. The van der Waals surface area contributed by atoms with Crippen molar-refractivity contribution in [2.24, 2.45) is 0 Å². The lowest BCUT2D eigenvalue weighted by molar-refractivity contribution is 0.262. The Hall–Kier alpha value is -4.20. The lowest BCUT2D eigenvalue weighted by Gasteiger charge is -2.16. The molecule has 2 aromatic heterocycles. The molecule has 0 saturated heterocycles. The van der Waals surface area contributed by atoms with Gasteiger partial charge in [0.05, 0.1) is 11.2 Å². The third-order valence-electron chi connectivity index (χ3n) is 5.69. The van der Waals surface area contributed by atoms with Gasteiger partial charge in [-0.05, 0) is 54.8 Å². The van der Waals surface area contributed by atoms with Crippen LogP contribution in [0.3, 0.4) is 0 Å². The van der Waals surface area contributed by atoms with E-state index in [1.807, 2.05) is 26.0 Å². The number of halogens is 1. The molecule has 0 spiro atoms. The minimum atomic E-state index is -0.575. The van der Waals surface area contributed by atoms with Crippen molar-refractivity contribution in [1.29, 1.82) is 0 Å². The van der Waals surface area contributed by atoms with Gasteiger partial charge in [-0.25, -0.2) is 14.2 Å². The fourth-order valence-corrected chi connectivity index (χ4v) is 3.98. The minimum absolute atomic E-state index is 0.00756. The highest BCUT2D eigenvalue weighted by molar-refractivity contribution is 6.00. The summed E-state index contributed by atoms with van der Waals surface area (Å²) in [6, 6.07) is 14.8. The smallest absolute Gasteiger partial charge is 0.323 e. The van der Waals surface area contributed by atoms with Crippen molar-refractivity contribution in [3.63, 3.8) is 0 Å². The van der Waals surface area contributed by atoms with Gasteiger partial charge in [0.2, 0.25) is 0 Å². The van der Waals surface area contributed by atoms with E-state index >= 15 is 0 Å². The molecule has 2 heterocycles. The molecule has 0 fully saturated rings. The number of aromatic nitrogens is 2. The average molecular weight is 460 g/mol. The molecule has 3 N–H and O–H groups in total. The van der Waals surface area contributed by atoms with Crippen LogP contribution in [0.15, 0.2) is 65.6 Å². The van der Waals surface area contributed by atoms with Crippen LogP contribution < -0.4 is 21.5 Å². The number of para-hydroxylation sites is 1. The first-order valence-corrected chi connectivity index (χ1v) is 11.1. The largest absolute Gasteiger partial charge is 0.373 e. The normalized spacial score (nSPS) is 10.8. The van der Waals surface area contributed by atoms with Crippen molar-refractivity contribution >= 4 is 34.1 Å². The summed E-state index contributed by atoms with van der Waals surface area (Å²) in [4.78, 5) is 30.3. The molecule has 0 unspecified atom stereocenters. The Bertz CT molecular complexity index is 1420. The zero-order chi connectivity index (χ0) is 24.2. The molecule has 0 bridgehead atoms. The second-order valence-corrected chi connectivity index (χ2v) is 7.77. The van der Waals surface area contributed by atoms with Crippen LogP contribution in [0.4, 0.5) is 26.4 Å². The second kappa shape index (κ2) is 9.74. The van der Waals surface area contributed by atoms with E-state index in [2.05, 4.69) is 20.9 Å². The third-order valence-corrected chi connectivity index (χ3v) is 5.69. The Morgan fingerprint density at radius 3 is 2.47 bits per heavy atom. The molecular formula is C26H26FN5O2. The van der Waals surface area contributed by atoms with E-state index in [0.29, 0.717) is 41.2 Å². The predicted molar refractivity (Wildman–Crippen MR) is 135 cm³/mol. The fraction of sp³-hybridized carbons (Fsp3) is 0.192. The van der Waals surface area contributed by atoms with Gasteiger partial charge in [-0.3, -0.25) is 4.79 Å². The number of pyridine rings is 2. The van der Waals surface area contributed by atoms with Crippen LogP contribution in [-0.4, -0.2) is 22.6 Å². The van der Waals surface area contributed by atoms with Crippen molar-refractivity contribution in [3.05, 3.63) is 82.5 Å². The third kappa shape index (κ3) is 4.47. The second-order valence-electron chi connectivity index (χ2n) is 7.77. The van der Waals surface area contributed by atoms with Gasteiger partial charge in [0.1, 0.15) is 11.6 Å². The highest BCUT2D eigenvalue weighted by Crippen LogP contribution is 2.30. The van der Waals surface area contributed by atoms with E-state index in [1.54, 1.807) is 48.1 Å². The number of hydrogen-bond acceptors (Lipinski definition) is 4. The Labute approximate surface area is 196 Å². The van der Waals surface area contributed by atoms with Gasteiger partial charge in [0.25, 0.3) is 5.56 Å². The standard InChI is InChI=1S/C26H26FN5O2/c1-4-16-12-21(27)22(31-26(34)30-18-9-7-6-8-10-18)13-19(16)20-11-17-15-29-24(28-3)14-23(17)32(5-2)25(20)33/h6-15H,4-5H2,1-3H3,(H,28,29)(H2,30,31,34). The molecule has 0 aliphatic carbocycles. The monoisotopic (exact) mass is 459 g/mol. The highest BCUT2D eigenvalue weighted by atomic mass is 19.1. The summed E-state index contributed by atoms with van der Waals surface area (Å²) in [5.74, 6) is 0.0922. The van der Waals surface area contributed by atoms with Crippen molar-refractivity contribution in [3.8, 4) is 11.1 Å². The van der Waals surface area contributed by atoms with E-state index in [1.165, 1.54) is 12.1 Å². The molecule has 0 aliphatic heterocycles. The van der Waals surface area contributed by atoms with Crippen LogP contribution in [0.25, 0.3) is 22.0 Å². The summed E-state index contributed by atoms with van der Waals surface area (Å²) >= 11 is 0. The van der Waals surface area contributed by atoms with Gasteiger partial charge in [0.15, 0.2) is 0 Å². The first-order chi connectivity index (χ1) is 16.4. The first kappa shape index (κ1) is 23.0. The molecule has 0 atom stereocenters. The van der Waals surface area contributed by atoms with Gasteiger partial charge in [-0.15, -0.1) is 0 Å². The van der Waals surface area contributed by atoms with Crippen LogP contribution in [0.1, 0.15) is 19.4 Å². The summed E-state index contributed by atoms with van der Waals surface area (Å²) in [7, 11) is 1.77. The molecule has 7 nitrogen and oxygen atoms in total. The Balaban J connectivity index is 1.80. The number of aryl methyl sites for hydroxylation is 2. The van der Waals surface area contributed by atoms with E-state index < -0.39 is 11.8 Å². The maximum absolute atomic E-state index is 14.9. The van der Waals surface area contributed by atoms with Gasteiger partial charge < -0.3 is 20.5 Å². The highest BCUT2D eigenvalue weighted by Gasteiger charge is 2.18. The van der Waals surface area contributed by atoms with E-state index in [9.17, 15) is 14.0 Å². The maximum atomic E-state index is 14.9. The molecule has 0 radical (unpaired) electrons. The number of nitrogens with zero attached hydrogens (tertiary/aromatic N) is 2. The van der Waals surface area contributed by atoms with Crippen LogP contribution in [-0.2, 0) is 13.0 Å². The molecule has 4 aromatic rings. The summed E-state index contributed by atoms with van der Waals surface area (Å²) in [6.07, 6.45) is 2.22. The van der Waals surface area contributed by atoms with Crippen molar-refractivity contribution in [2.75, 3.05) is 23.0 Å². The molecule has 34 heavy (non-hydrogen) atoms. The number of rotatable bonds is 6. The van der Waals surface area contributed by atoms with E-state index in [4.69, 9.17) is 0 Å².